The number of rotatable bonds is 2. The maximum Gasteiger partial charge on any atom is 0.326 e. The van der Waals surface area contributed by atoms with Gasteiger partial charge in [0.1, 0.15) is 6.04 Å². The first kappa shape index (κ1) is 11.8. The number of hydrogen-bond donors (Lipinski definition) is 1. The molecule has 2 atom stereocenters. The van der Waals surface area contributed by atoms with E-state index in [1.807, 2.05) is 0 Å². The highest BCUT2D eigenvalue weighted by Gasteiger charge is 2.36. The number of hydrogen-bond acceptors (Lipinski definition) is 3. The number of aliphatic carboxylic acids is 1. The number of carboxylic acids is 1. The van der Waals surface area contributed by atoms with Gasteiger partial charge in [-0.2, -0.15) is 11.8 Å². The highest BCUT2D eigenvalue weighted by Crippen LogP contribution is 2.28. The van der Waals surface area contributed by atoms with Crippen LogP contribution < -0.4 is 0 Å². The van der Waals surface area contributed by atoms with Crippen LogP contribution in [0, 0.1) is 5.92 Å². The Hall–Kier alpha value is -0.710. The van der Waals surface area contributed by atoms with Crippen molar-refractivity contribution < 1.29 is 14.7 Å². The van der Waals surface area contributed by atoms with Crippen molar-refractivity contribution >= 4 is 23.6 Å². The van der Waals surface area contributed by atoms with Gasteiger partial charge < -0.3 is 10.0 Å². The second kappa shape index (κ2) is 5.08. The average molecular weight is 243 g/mol. The molecular weight excluding hydrogens is 226 g/mol. The lowest BCUT2D eigenvalue weighted by molar-refractivity contribution is -0.153. The predicted molar refractivity (Wildman–Crippen MR) is 62.4 cm³/mol. The molecule has 4 nitrogen and oxygen atoms in total. The molecule has 1 amide bonds. The maximum absolute atomic E-state index is 12.2. The molecule has 2 aliphatic rings. The summed E-state index contributed by atoms with van der Waals surface area (Å²) in [6, 6.07) is -0.577. The molecule has 2 rings (SSSR count). The molecule has 2 fully saturated rings. The molecule has 2 heterocycles. The van der Waals surface area contributed by atoms with Gasteiger partial charge in [-0.1, -0.05) is 0 Å². The van der Waals surface area contributed by atoms with Crippen LogP contribution in [0.5, 0.6) is 0 Å². The molecule has 0 bridgehead atoms. The molecule has 16 heavy (non-hydrogen) atoms. The third-order valence-corrected chi connectivity index (χ3v) is 4.51. The maximum atomic E-state index is 12.2. The minimum atomic E-state index is -0.848. The Labute approximate surface area is 99.4 Å². The van der Waals surface area contributed by atoms with E-state index in [1.165, 1.54) is 0 Å². The van der Waals surface area contributed by atoms with Crippen LogP contribution in [0.4, 0.5) is 0 Å². The van der Waals surface area contributed by atoms with Gasteiger partial charge in [0.25, 0.3) is 0 Å². The third-order valence-electron chi connectivity index (χ3n) is 3.35. The van der Waals surface area contributed by atoms with Crippen LogP contribution in [0.1, 0.15) is 25.7 Å². The highest BCUT2D eigenvalue weighted by molar-refractivity contribution is 7.99. The highest BCUT2D eigenvalue weighted by atomic mass is 32.2. The fourth-order valence-corrected chi connectivity index (χ4v) is 3.63. The first-order chi connectivity index (χ1) is 7.70. The van der Waals surface area contributed by atoms with Gasteiger partial charge in [-0.25, -0.2) is 4.79 Å². The van der Waals surface area contributed by atoms with Crippen LogP contribution in [0.3, 0.4) is 0 Å². The van der Waals surface area contributed by atoms with Crippen molar-refractivity contribution in [2.75, 3.05) is 18.1 Å². The van der Waals surface area contributed by atoms with Gasteiger partial charge in [-0.3, -0.25) is 4.79 Å². The van der Waals surface area contributed by atoms with Gasteiger partial charge in [0, 0.05) is 18.2 Å². The summed E-state index contributed by atoms with van der Waals surface area (Å²) in [6.07, 6.45) is 3.38. The molecule has 2 saturated heterocycles. The van der Waals surface area contributed by atoms with E-state index in [4.69, 9.17) is 5.11 Å². The van der Waals surface area contributed by atoms with Crippen LogP contribution in [-0.2, 0) is 9.59 Å². The monoisotopic (exact) mass is 243 g/mol. The number of thioether (sulfide) groups is 1. The van der Waals surface area contributed by atoms with Gasteiger partial charge in [-0.05, 0) is 31.4 Å². The zero-order chi connectivity index (χ0) is 11.5. The van der Waals surface area contributed by atoms with E-state index in [2.05, 4.69) is 0 Å². The van der Waals surface area contributed by atoms with E-state index < -0.39 is 12.0 Å². The van der Waals surface area contributed by atoms with Crippen LogP contribution in [0.2, 0.25) is 0 Å². The number of carbonyl (C=O) groups excluding carboxylic acids is 1. The summed E-state index contributed by atoms with van der Waals surface area (Å²) >= 11 is 1.79. The standard InChI is InChI=1S/C11H17NO3S/c13-10(8-4-6-16-7-8)12-5-2-1-3-9(12)11(14)15/h8-9H,1-7H2,(H,14,15)/t8?,9-/m1/s1. The number of amides is 1. The van der Waals surface area contributed by atoms with Crippen LogP contribution in [0.15, 0.2) is 0 Å². The minimum absolute atomic E-state index is 0.0601. The number of piperidine rings is 1. The molecular formula is C11H17NO3S. The Morgan fingerprint density at radius 3 is 2.69 bits per heavy atom. The first-order valence-electron chi connectivity index (χ1n) is 5.81. The molecule has 0 radical (unpaired) electrons. The average Bonchev–Trinajstić information content (AvgIpc) is 2.81. The molecule has 0 aromatic carbocycles. The summed E-state index contributed by atoms with van der Waals surface area (Å²) in [5, 5.41) is 9.10. The molecule has 5 heteroatoms. The van der Waals surface area contributed by atoms with E-state index in [0.717, 1.165) is 30.8 Å². The van der Waals surface area contributed by atoms with Crippen molar-refractivity contribution in [1.82, 2.24) is 4.90 Å². The first-order valence-corrected chi connectivity index (χ1v) is 6.96. The van der Waals surface area contributed by atoms with Gasteiger partial charge >= 0.3 is 5.97 Å². The molecule has 90 valence electrons. The van der Waals surface area contributed by atoms with Gasteiger partial charge in [-0.15, -0.1) is 0 Å². The zero-order valence-electron chi connectivity index (χ0n) is 9.22. The van der Waals surface area contributed by atoms with Crippen molar-refractivity contribution in [2.45, 2.75) is 31.7 Å². The molecule has 0 aliphatic carbocycles. The molecule has 0 saturated carbocycles. The van der Waals surface area contributed by atoms with Gasteiger partial charge in [0.2, 0.25) is 5.91 Å². The van der Waals surface area contributed by atoms with E-state index in [1.54, 1.807) is 16.7 Å². The fraction of sp³-hybridized carbons (Fsp3) is 0.818. The van der Waals surface area contributed by atoms with Crippen molar-refractivity contribution in [1.29, 1.82) is 0 Å². The van der Waals surface area contributed by atoms with Crippen molar-refractivity contribution in [3.8, 4) is 0 Å². The number of carbonyl (C=O) groups is 2. The van der Waals surface area contributed by atoms with Crippen LogP contribution in [-0.4, -0.2) is 46.0 Å². The van der Waals surface area contributed by atoms with Crippen LogP contribution in [0.25, 0.3) is 0 Å². The predicted octanol–water partition coefficient (Wildman–Crippen LogP) is 1.21. The number of likely N-dealkylation sites (tertiary alicyclic amines) is 1. The van der Waals surface area contributed by atoms with Crippen molar-refractivity contribution in [3.05, 3.63) is 0 Å². The smallest absolute Gasteiger partial charge is 0.326 e. The summed E-state index contributed by atoms with van der Waals surface area (Å²) in [5.41, 5.74) is 0. The Balaban J connectivity index is 2.04. The fourth-order valence-electron chi connectivity index (χ4n) is 2.42. The van der Waals surface area contributed by atoms with E-state index >= 15 is 0 Å². The molecule has 1 N–H and O–H groups in total. The summed E-state index contributed by atoms with van der Waals surface area (Å²) in [4.78, 5) is 24.8. The largest absolute Gasteiger partial charge is 0.480 e. The lowest BCUT2D eigenvalue weighted by Crippen LogP contribution is -2.50. The summed E-state index contributed by atoms with van der Waals surface area (Å²) in [6.45, 7) is 0.622. The number of nitrogens with zero attached hydrogens (tertiary/aromatic N) is 1. The summed E-state index contributed by atoms with van der Waals surface area (Å²) in [7, 11) is 0. The third kappa shape index (κ3) is 2.34. The van der Waals surface area contributed by atoms with E-state index in [-0.39, 0.29) is 11.8 Å². The molecule has 0 aromatic heterocycles. The normalized spacial score (nSPS) is 30.4. The second-order valence-electron chi connectivity index (χ2n) is 4.44. The van der Waals surface area contributed by atoms with Crippen molar-refractivity contribution in [3.63, 3.8) is 0 Å². The molecule has 2 aliphatic heterocycles. The Morgan fingerprint density at radius 1 is 1.25 bits per heavy atom. The zero-order valence-corrected chi connectivity index (χ0v) is 10.0. The lowest BCUT2D eigenvalue weighted by Gasteiger charge is -2.34. The van der Waals surface area contributed by atoms with Gasteiger partial charge in [0.15, 0.2) is 0 Å². The SMILES string of the molecule is O=C(O)[C@H]1CCCCN1C(=O)C1CCSC1. The lowest BCUT2D eigenvalue weighted by atomic mass is 9.99. The summed E-state index contributed by atoms with van der Waals surface area (Å²) < 4.78 is 0. The van der Waals surface area contributed by atoms with Crippen LogP contribution >= 0.6 is 11.8 Å². The summed E-state index contributed by atoms with van der Waals surface area (Å²) in [5.74, 6) is 1.17. The molecule has 0 aromatic rings. The topological polar surface area (TPSA) is 57.6 Å². The minimum Gasteiger partial charge on any atom is -0.480 e. The Morgan fingerprint density at radius 2 is 2.06 bits per heavy atom. The van der Waals surface area contributed by atoms with Gasteiger partial charge in [0.05, 0.1) is 0 Å². The second-order valence-corrected chi connectivity index (χ2v) is 5.59. The molecule has 0 spiro atoms. The quantitative estimate of drug-likeness (QED) is 0.792. The Bertz CT molecular complexity index is 289. The molecule has 1 unspecified atom stereocenters. The van der Waals surface area contributed by atoms with Crippen molar-refractivity contribution in [2.24, 2.45) is 5.92 Å². The van der Waals surface area contributed by atoms with E-state index in [0.29, 0.717) is 13.0 Å². The number of carboxylic acid groups (broad SMARTS) is 1. The van der Waals surface area contributed by atoms with E-state index in [9.17, 15) is 9.59 Å². The Kier molecular flexibility index (Phi) is 3.74.